The number of hydrogen-bond donors (Lipinski definition) is 1. The molecular weight excluding hydrogens is 284 g/mol. The van der Waals surface area contributed by atoms with Gasteiger partial charge in [0, 0.05) is 52.0 Å². The van der Waals surface area contributed by atoms with Crippen LogP contribution >= 0.6 is 0 Å². The van der Waals surface area contributed by atoms with Gasteiger partial charge in [-0.25, -0.2) is 4.79 Å². The zero-order chi connectivity index (χ0) is 15.9. The van der Waals surface area contributed by atoms with Crippen LogP contribution in [0.1, 0.15) is 5.69 Å². The van der Waals surface area contributed by atoms with Gasteiger partial charge in [-0.3, -0.25) is 9.78 Å². The molecule has 0 saturated carbocycles. The highest BCUT2D eigenvalue weighted by Gasteiger charge is 2.24. The lowest BCUT2D eigenvalue weighted by Crippen LogP contribution is -2.50. The van der Waals surface area contributed by atoms with Gasteiger partial charge >= 0.3 is 6.03 Å². The summed E-state index contributed by atoms with van der Waals surface area (Å²) in [4.78, 5) is 30.8. The van der Waals surface area contributed by atoms with Crippen molar-refractivity contribution in [2.45, 2.75) is 12.5 Å². The molecule has 1 aliphatic heterocycles. The maximum absolute atomic E-state index is 12.0. The van der Waals surface area contributed by atoms with E-state index >= 15 is 0 Å². The molecule has 1 aromatic heterocycles. The normalized spacial score (nSPS) is 18.2. The lowest BCUT2D eigenvalue weighted by molar-refractivity contribution is -0.146. The van der Waals surface area contributed by atoms with Crippen molar-refractivity contribution in [2.75, 3.05) is 40.3 Å². The van der Waals surface area contributed by atoms with E-state index in [-0.39, 0.29) is 24.6 Å². The van der Waals surface area contributed by atoms with Crippen LogP contribution in [0.25, 0.3) is 0 Å². The minimum absolute atomic E-state index is 0.0324. The third kappa shape index (κ3) is 4.70. The maximum Gasteiger partial charge on any atom is 0.317 e. The number of amides is 3. The summed E-state index contributed by atoms with van der Waals surface area (Å²) in [5.41, 5.74) is 0.956. The van der Waals surface area contributed by atoms with Crippen molar-refractivity contribution in [1.29, 1.82) is 0 Å². The average Bonchev–Trinajstić information content (AvgIpc) is 2.54. The van der Waals surface area contributed by atoms with Crippen molar-refractivity contribution in [3.63, 3.8) is 0 Å². The third-order valence-electron chi connectivity index (χ3n) is 3.60. The van der Waals surface area contributed by atoms with E-state index in [1.54, 1.807) is 30.1 Å². The molecule has 0 bridgehead atoms. The Hall–Kier alpha value is -2.15. The first-order chi connectivity index (χ1) is 10.6. The van der Waals surface area contributed by atoms with Gasteiger partial charge < -0.3 is 19.9 Å². The molecule has 120 valence electrons. The number of aromatic nitrogens is 1. The third-order valence-corrected chi connectivity index (χ3v) is 3.60. The fraction of sp³-hybridized carbons (Fsp3) is 0.533. The molecule has 0 aliphatic carbocycles. The second-order valence-electron chi connectivity index (χ2n) is 5.39. The molecule has 1 N–H and O–H groups in total. The number of rotatable bonds is 5. The van der Waals surface area contributed by atoms with Crippen molar-refractivity contribution in [1.82, 2.24) is 20.1 Å². The van der Waals surface area contributed by atoms with Gasteiger partial charge in [-0.2, -0.15) is 0 Å². The number of nitrogens with one attached hydrogen (secondary N) is 1. The molecule has 7 nitrogen and oxygen atoms in total. The van der Waals surface area contributed by atoms with E-state index in [1.165, 1.54) is 0 Å². The molecule has 1 aromatic rings. The molecule has 0 spiro atoms. The van der Waals surface area contributed by atoms with Gasteiger partial charge in [-0.05, 0) is 12.1 Å². The summed E-state index contributed by atoms with van der Waals surface area (Å²) in [6.07, 6.45) is 2.30. The van der Waals surface area contributed by atoms with Crippen LogP contribution in [0, 0.1) is 0 Å². The van der Waals surface area contributed by atoms with Crippen molar-refractivity contribution < 1.29 is 14.3 Å². The average molecular weight is 306 g/mol. The Morgan fingerprint density at radius 3 is 3.05 bits per heavy atom. The second-order valence-corrected chi connectivity index (χ2v) is 5.39. The molecule has 3 amide bonds. The van der Waals surface area contributed by atoms with E-state index in [4.69, 9.17) is 4.74 Å². The number of carbonyl (C=O) groups excluding carboxylic acids is 2. The Morgan fingerprint density at radius 2 is 2.36 bits per heavy atom. The van der Waals surface area contributed by atoms with E-state index in [0.717, 1.165) is 5.69 Å². The number of ether oxygens (including phenoxy) is 1. The van der Waals surface area contributed by atoms with Crippen LogP contribution in [-0.4, -0.2) is 73.2 Å². The predicted octanol–water partition coefficient (Wildman–Crippen LogP) is 0.123. The molecule has 2 heterocycles. The van der Waals surface area contributed by atoms with Crippen LogP contribution < -0.4 is 5.32 Å². The van der Waals surface area contributed by atoms with Gasteiger partial charge in [-0.15, -0.1) is 0 Å². The fourth-order valence-electron chi connectivity index (χ4n) is 2.15. The number of nitrogens with zero attached hydrogens (tertiary/aromatic N) is 3. The Labute approximate surface area is 130 Å². The highest BCUT2D eigenvalue weighted by molar-refractivity contribution is 5.78. The summed E-state index contributed by atoms with van der Waals surface area (Å²) < 4.78 is 5.39. The maximum atomic E-state index is 12.0. The van der Waals surface area contributed by atoms with Gasteiger partial charge in [0.1, 0.15) is 6.61 Å². The molecule has 0 aromatic carbocycles. The largest absolute Gasteiger partial charge is 0.365 e. The van der Waals surface area contributed by atoms with E-state index in [0.29, 0.717) is 26.1 Å². The van der Waals surface area contributed by atoms with Crippen LogP contribution in [0.3, 0.4) is 0 Å². The van der Waals surface area contributed by atoms with Crippen LogP contribution in [0.4, 0.5) is 4.79 Å². The van der Waals surface area contributed by atoms with Crippen molar-refractivity contribution >= 4 is 11.9 Å². The second kappa shape index (κ2) is 7.74. The molecule has 1 aliphatic rings. The summed E-state index contributed by atoms with van der Waals surface area (Å²) in [5.74, 6) is -0.0324. The van der Waals surface area contributed by atoms with Gasteiger partial charge in [0.2, 0.25) is 5.91 Å². The first-order valence-electron chi connectivity index (χ1n) is 7.30. The summed E-state index contributed by atoms with van der Waals surface area (Å²) >= 11 is 0. The molecule has 0 unspecified atom stereocenters. The Bertz CT molecular complexity index is 509. The lowest BCUT2D eigenvalue weighted by atomic mass is 10.2. The Morgan fingerprint density at radius 1 is 1.55 bits per heavy atom. The van der Waals surface area contributed by atoms with Crippen LogP contribution in [-0.2, 0) is 16.0 Å². The summed E-state index contributed by atoms with van der Waals surface area (Å²) in [5, 5.41) is 2.83. The highest BCUT2D eigenvalue weighted by atomic mass is 16.5. The van der Waals surface area contributed by atoms with Crippen molar-refractivity contribution in [3.8, 4) is 0 Å². The first-order valence-corrected chi connectivity index (χ1v) is 7.30. The fourth-order valence-corrected chi connectivity index (χ4v) is 2.15. The lowest BCUT2D eigenvalue weighted by Gasteiger charge is -2.30. The standard InChI is InChI=1S/C15H22N4O3/c1-18(8-6-12-5-3-4-7-16-12)15(21)17-9-13-10-19(2)14(20)11-22-13/h3-5,7,13H,6,8-11H2,1-2H3,(H,17,21)/t13-/m1/s1. The van der Waals surface area contributed by atoms with Gasteiger partial charge in [0.15, 0.2) is 0 Å². The topological polar surface area (TPSA) is 74.8 Å². The molecule has 22 heavy (non-hydrogen) atoms. The molecular formula is C15H22N4O3. The highest BCUT2D eigenvalue weighted by Crippen LogP contribution is 2.03. The monoisotopic (exact) mass is 306 g/mol. The summed E-state index contributed by atoms with van der Waals surface area (Å²) in [7, 11) is 3.48. The van der Waals surface area contributed by atoms with E-state index in [1.807, 2.05) is 18.2 Å². The van der Waals surface area contributed by atoms with E-state index in [2.05, 4.69) is 10.3 Å². The van der Waals surface area contributed by atoms with Crippen molar-refractivity contribution in [2.24, 2.45) is 0 Å². The zero-order valence-electron chi connectivity index (χ0n) is 13.0. The van der Waals surface area contributed by atoms with Crippen LogP contribution in [0.2, 0.25) is 0 Å². The van der Waals surface area contributed by atoms with Gasteiger partial charge in [-0.1, -0.05) is 6.07 Å². The van der Waals surface area contributed by atoms with Crippen LogP contribution in [0.5, 0.6) is 0 Å². The summed E-state index contributed by atoms with van der Waals surface area (Å²) in [6.45, 7) is 1.56. The summed E-state index contributed by atoms with van der Waals surface area (Å²) in [6, 6.07) is 5.58. The minimum atomic E-state index is -0.157. The first kappa shape index (κ1) is 16.2. The van der Waals surface area contributed by atoms with E-state index < -0.39 is 0 Å². The number of morpholine rings is 1. The van der Waals surface area contributed by atoms with E-state index in [9.17, 15) is 9.59 Å². The molecule has 1 atom stereocenters. The quantitative estimate of drug-likeness (QED) is 0.838. The molecule has 0 radical (unpaired) electrons. The number of hydrogen-bond acceptors (Lipinski definition) is 4. The molecule has 7 heteroatoms. The Kier molecular flexibility index (Phi) is 5.71. The predicted molar refractivity (Wildman–Crippen MR) is 81.3 cm³/mol. The smallest absolute Gasteiger partial charge is 0.317 e. The number of urea groups is 1. The van der Waals surface area contributed by atoms with Gasteiger partial charge in [0.25, 0.3) is 0 Å². The number of pyridine rings is 1. The number of likely N-dealkylation sites (N-methyl/N-ethyl adjacent to an activating group) is 2. The molecule has 1 fully saturated rings. The molecule has 2 rings (SSSR count). The molecule has 1 saturated heterocycles. The zero-order valence-corrected chi connectivity index (χ0v) is 13.0. The minimum Gasteiger partial charge on any atom is -0.365 e. The van der Waals surface area contributed by atoms with Crippen LogP contribution in [0.15, 0.2) is 24.4 Å². The van der Waals surface area contributed by atoms with Gasteiger partial charge in [0.05, 0.1) is 6.10 Å². The van der Waals surface area contributed by atoms with Crippen molar-refractivity contribution in [3.05, 3.63) is 30.1 Å². The SMILES string of the molecule is CN1C[C@@H](CNC(=O)N(C)CCc2ccccn2)OCC1=O. The Balaban J connectivity index is 1.69. The number of carbonyl (C=O) groups is 2.